The maximum Gasteiger partial charge on any atom is 0.242 e. The van der Waals surface area contributed by atoms with Gasteiger partial charge < -0.3 is 5.11 Å². The fraction of sp³-hybridized carbons (Fsp3) is 0.636. The first-order valence-electron chi connectivity index (χ1n) is 5.36. The highest BCUT2D eigenvalue weighted by atomic mass is 32.1. The first kappa shape index (κ1) is 14.1. The predicted octanol–water partition coefficient (Wildman–Crippen LogP) is 0.809. The van der Waals surface area contributed by atoms with E-state index in [9.17, 15) is 9.90 Å². The molecule has 0 radical (unpaired) electrons. The smallest absolute Gasteiger partial charge is 0.242 e. The minimum Gasteiger partial charge on any atom is -0.389 e. The average molecular weight is 257 g/mol. The molecule has 0 atom stereocenters. The minimum atomic E-state index is -0.797. The third-order valence-electron chi connectivity index (χ3n) is 2.14. The molecule has 0 aliphatic rings. The molecule has 0 aliphatic heterocycles. The number of aliphatic hydroxyl groups is 1. The van der Waals surface area contributed by atoms with Crippen LogP contribution in [0.4, 0.5) is 5.13 Å². The lowest BCUT2D eigenvalue weighted by molar-refractivity contribution is -0.119. The van der Waals surface area contributed by atoms with Gasteiger partial charge in [0.1, 0.15) is 0 Å². The topological polar surface area (TPSA) is 56.7 Å². The van der Waals surface area contributed by atoms with Crippen molar-refractivity contribution in [2.24, 2.45) is 0 Å². The first-order valence-corrected chi connectivity index (χ1v) is 6.24. The lowest BCUT2D eigenvalue weighted by Gasteiger charge is -2.26. The van der Waals surface area contributed by atoms with E-state index in [1.807, 2.05) is 12.4 Å². The second-order valence-corrected chi connectivity index (χ2v) is 5.63. The van der Waals surface area contributed by atoms with E-state index in [2.05, 4.69) is 4.98 Å². The normalized spacial score (nSPS) is 11.9. The molecule has 1 aromatic heterocycles. The molecule has 17 heavy (non-hydrogen) atoms. The van der Waals surface area contributed by atoms with E-state index >= 15 is 0 Å². The van der Waals surface area contributed by atoms with Crippen LogP contribution in [0.15, 0.2) is 11.6 Å². The Hall–Kier alpha value is -0.980. The Morgan fingerprint density at radius 2 is 2.18 bits per heavy atom. The van der Waals surface area contributed by atoms with Crippen molar-refractivity contribution >= 4 is 22.4 Å². The van der Waals surface area contributed by atoms with Gasteiger partial charge in [0.05, 0.1) is 12.1 Å². The van der Waals surface area contributed by atoms with Crippen LogP contribution in [0.2, 0.25) is 0 Å². The molecule has 1 rings (SSSR count). The van der Waals surface area contributed by atoms with Crippen LogP contribution < -0.4 is 4.90 Å². The fourth-order valence-corrected chi connectivity index (χ4v) is 2.17. The highest BCUT2D eigenvalue weighted by Gasteiger charge is 2.20. The number of thiazole rings is 1. The van der Waals surface area contributed by atoms with Gasteiger partial charge in [0.15, 0.2) is 5.13 Å². The highest BCUT2D eigenvalue weighted by Crippen LogP contribution is 2.15. The summed E-state index contributed by atoms with van der Waals surface area (Å²) in [6.45, 7) is 4.15. The summed E-state index contributed by atoms with van der Waals surface area (Å²) in [5.41, 5.74) is -0.797. The van der Waals surface area contributed by atoms with Gasteiger partial charge in [-0.3, -0.25) is 14.6 Å². The van der Waals surface area contributed by atoms with E-state index in [0.717, 1.165) is 0 Å². The number of nitrogens with zero attached hydrogens (tertiary/aromatic N) is 3. The van der Waals surface area contributed by atoms with Crippen molar-refractivity contribution < 1.29 is 9.90 Å². The van der Waals surface area contributed by atoms with Gasteiger partial charge in [-0.05, 0) is 20.9 Å². The van der Waals surface area contributed by atoms with Crippen LogP contribution in [0.1, 0.15) is 13.8 Å². The summed E-state index contributed by atoms with van der Waals surface area (Å²) in [6, 6.07) is 0. The van der Waals surface area contributed by atoms with Gasteiger partial charge in [0.2, 0.25) is 5.91 Å². The Bertz CT molecular complexity index is 359. The molecule has 0 saturated carbocycles. The molecule has 0 aromatic carbocycles. The van der Waals surface area contributed by atoms with Crippen LogP contribution in [0.5, 0.6) is 0 Å². The van der Waals surface area contributed by atoms with Crippen molar-refractivity contribution in [1.29, 1.82) is 0 Å². The lowest BCUT2D eigenvalue weighted by atomic mass is 10.1. The van der Waals surface area contributed by atoms with E-state index in [1.54, 1.807) is 32.0 Å². The fourth-order valence-electron chi connectivity index (χ4n) is 1.54. The molecule has 1 heterocycles. The highest BCUT2D eigenvalue weighted by molar-refractivity contribution is 7.13. The summed E-state index contributed by atoms with van der Waals surface area (Å²) >= 11 is 1.43. The maximum atomic E-state index is 11.9. The summed E-state index contributed by atoms with van der Waals surface area (Å²) in [5, 5.41) is 12.2. The zero-order chi connectivity index (χ0) is 13.1. The van der Waals surface area contributed by atoms with Crippen molar-refractivity contribution in [2.75, 3.05) is 32.1 Å². The molecule has 0 bridgehead atoms. The standard InChI is InChI=1S/C11H19N3O2S/c1-11(2,16)8-13(3)7-9(15)14(4)10-12-5-6-17-10/h5-6,16H,7-8H2,1-4H3. The van der Waals surface area contributed by atoms with Crippen molar-refractivity contribution in [3.05, 3.63) is 11.6 Å². The van der Waals surface area contributed by atoms with Crippen LogP contribution in [0.3, 0.4) is 0 Å². The van der Waals surface area contributed by atoms with Gasteiger partial charge in [-0.1, -0.05) is 0 Å². The lowest BCUT2D eigenvalue weighted by Crippen LogP contribution is -2.42. The van der Waals surface area contributed by atoms with Gasteiger partial charge in [-0.25, -0.2) is 4.98 Å². The molecule has 1 N–H and O–H groups in total. The van der Waals surface area contributed by atoms with Crippen molar-refractivity contribution in [2.45, 2.75) is 19.4 Å². The Labute approximate surface area is 106 Å². The second kappa shape index (κ2) is 5.57. The number of amides is 1. The number of rotatable bonds is 5. The monoisotopic (exact) mass is 257 g/mol. The third kappa shape index (κ3) is 4.80. The van der Waals surface area contributed by atoms with Crippen molar-refractivity contribution in [3.63, 3.8) is 0 Å². The second-order valence-electron chi connectivity index (χ2n) is 4.75. The third-order valence-corrected chi connectivity index (χ3v) is 2.99. The molecule has 0 aliphatic carbocycles. The number of hydrogen-bond acceptors (Lipinski definition) is 5. The molecular weight excluding hydrogens is 238 g/mol. The first-order chi connectivity index (χ1) is 7.79. The van der Waals surface area contributed by atoms with E-state index in [0.29, 0.717) is 11.7 Å². The maximum absolute atomic E-state index is 11.9. The van der Waals surface area contributed by atoms with Crippen LogP contribution in [-0.2, 0) is 4.79 Å². The molecule has 0 spiro atoms. The van der Waals surface area contributed by atoms with Crippen LogP contribution >= 0.6 is 11.3 Å². The summed E-state index contributed by atoms with van der Waals surface area (Å²) in [6.07, 6.45) is 1.67. The average Bonchev–Trinajstić information content (AvgIpc) is 2.65. The Morgan fingerprint density at radius 3 is 2.65 bits per heavy atom. The number of anilines is 1. The predicted molar refractivity (Wildman–Crippen MR) is 69.3 cm³/mol. The van der Waals surface area contributed by atoms with Crippen molar-refractivity contribution in [1.82, 2.24) is 9.88 Å². The summed E-state index contributed by atoms with van der Waals surface area (Å²) in [7, 11) is 3.52. The van der Waals surface area contributed by atoms with Crippen LogP contribution in [-0.4, -0.2) is 53.7 Å². The van der Waals surface area contributed by atoms with Gasteiger partial charge in [-0.15, -0.1) is 11.3 Å². The van der Waals surface area contributed by atoms with Gasteiger partial charge in [-0.2, -0.15) is 0 Å². The van der Waals surface area contributed by atoms with E-state index in [1.165, 1.54) is 16.2 Å². The van der Waals surface area contributed by atoms with Crippen molar-refractivity contribution in [3.8, 4) is 0 Å². The zero-order valence-corrected chi connectivity index (χ0v) is 11.5. The Morgan fingerprint density at radius 1 is 1.53 bits per heavy atom. The summed E-state index contributed by atoms with van der Waals surface area (Å²) in [4.78, 5) is 19.3. The molecule has 1 aromatic rings. The number of aromatic nitrogens is 1. The minimum absolute atomic E-state index is 0.0355. The molecule has 0 saturated heterocycles. The largest absolute Gasteiger partial charge is 0.389 e. The number of carbonyl (C=O) groups is 1. The Kier molecular flexibility index (Phi) is 4.62. The molecule has 6 heteroatoms. The van der Waals surface area contributed by atoms with Crippen LogP contribution in [0, 0.1) is 0 Å². The summed E-state index contributed by atoms with van der Waals surface area (Å²) < 4.78 is 0. The van der Waals surface area contributed by atoms with Gasteiger partial charge >= 0.3 is 0 Å². The molecule has 0 unspecified atom stereocenters. The molecular formula is C11H19N3O2S. The van der Waals surface area contributed by atoms with E-state index < -0.39 is 5.60 Å². The van der Waals surface area contributed by atoms with Gasteiger partial charge in [0.25, 0.3) is 0 Å². The number of likely N-dealkylation sites (N-methyl/N-ethyl adjacent to an activating group) is 2. The van der Waals surface area contributed by atoms with Gasteiger partial charge in [0, 0.05) is 25.2 Å². The molecule has 1 amide bonds. The summed E-state index contributed by atoms with van der Waals surface area (Å²) in [5.74, 6) is -0.0355. The Balaban J connectivity index is 2.49. The molecule has 0 fully saturated rings. The van der Waals surface area contributed by atoms with E-state index in [4.69, 9.17) is 0 Å². The molecule has 5 nitrogen and oxygen atoms in total. The SMILES string of the molecule is CN(CC(=O)N(C)c1nccs1)CC(C)(C)O. The number of carbonyl (C=O) groups excluding carboxylic acids is 1. The number of hydrogen-bond donors (Lipinski definition) is 1. The zero-order valence-electron chi connectivity index (χ0n) is 10.7. The molecule has 96 valence electrons. The van der Waals surface area contributed by atoms with Crippen LogP contribution in [0.25, 0.3) is 0 Å². The van der Waals surface area contributed by atoms with E-state index in [-0.39, 0.29) is 12.5 Å². The quantitative estimate of drug-likeness (QED) is 0.848.